The molecular formula is C29H27NO4Si. The van der Waals surface area contributed by atoms with Crippen molar-refractivity contribution in [2.24, 2.45) is 0 Å². The summed E-state index contributed by atoms with van der Waals surface area (Å²) in [7, 11) is -1.48. The molecule has 6 heteroatoms. The second-order valence-electron chi connectivity index (χ2n) is 10.1. The predicted octanol–water partition coefficient (Wildman–Crippen LogP) is 5.23. The maximum atomic E-state index is 13.6. The van der Waals surface area contributed by atoms with E-state index in [2.05, 4.69) is 42.9 Å². The third-order valence-electron chi connectivity index (χ3n) is 6.54. The van der Waals surface area contributed by atoms with Gasteiger partial charge in [-0.05, 0) is 43.2 Å². The molecule has 2 heterocycles. The number of Topliss-reactive ketones (excluding diaryl/α,β-unsaturated/α-hetero) is 1. The van der Waals surface area contributed by atoms with Crippen molar-refractivity contribution < 1.29 is 19.1 Å². The number of hydrogen-bond acceptors (Lipinski definition) is 4. The van der Waals surface area contributed by atoms with E-state index in [1.807, 2.05) is 42.5 Å². The van der Waals surface area contributed by atoms with E-state index < -0.39 is 31.4 Å². The Kier molecular flexibility index (Phi) is 5.67. The summed E-state index contributed by atoms with van der Waals surface area (Å²) < 4.78 is 12.1. The lowest BCUT2D eigenvalue weighted by Crippen LogP contribution is -2.58. The van der Waals surface area contributed by atoms with E-state index in [9.17, 15) is 9.59 Å². The van der Waals surface area contributed by atoms with Gasteiger partial charge in [-0.2, -0.15) is 0 Å². The number of fused-ring (bicyclic) bond motifs is 1. The van der Waals surface area contributed by atoms with Crippen LogP contribution in [-0.2, 0) is 15.1 Å². The normalized spacial score (nSPS) is 26.3. The number of epoxide rings is 1. The van der Waals surface area contributed by atoms with Crippen molar-refractivity contribution in [1.82, 2.24) is 0 Å². The van der Waals surface area contributed by atoms with Gasteiger partial charge in [-0.15, -0.1) is 5.54 Å². The number of carbonyl (C=O) groups is 2. The summed E-state index contributed by atoms with van der Waals surface area (Å²) in [6.07, 6.45) is 4.67. The fourth-order valence-corrected chi connectivity index (χ4v) is 5.61. The van der Waals surface area contributed by atoms with Crippen LogP contribution in [0.2, 0.25) is 19.6 Å². The van der Waals surface area contributed by atoms with Gasteiger partial charge in [0.15, 0.2) is 11.4 Å². The zero-order valence-electron chi connectivity index (χ0n) is 20.1. The van der Waals surface area contributed by atoms with E-state index in [1.165, 1.54) is 0 Å². The van der Waals surface area contributed by atoms with Gasteiger partial charge >= 0.3 is 6.09 Å². The Morgan fingerprint density at radius 1 is 1.09 bits per heavy atom. The molecule has 0 N–H and O–H groups in total. The molecular weight excluding hydrogens is 454 g/mol. The van der Waals surface area contributed by atoms with Crippen molar-refractivity contribution >= 4 is 25.6 Å². The van der Waals surface area contributed by atoms with Crippen LogP contribution < -0.4 is 9.64 Å². The molecule has 35 heavy (non-hydrogen) atoms. The van der Waals surface area contributed by atoms with Crippen LogP contribution in [0.15, 0.2) is 66.7 Å². The van der Waals surface area contributed by atoms with Crippen LogP contribution in [0.1, 0.15) is 24.8 Å². The molecule has 1 saturated heterocycles. The minimum atomic E-state index is -1.48. The summed E-state index contributed by atoms with van der Waals surface area (Å²) in [5.74, 6) is 9.84. The monoisotopic (exact) mass is 481 g/mol. The Bertz CT molecular complexity index is 1340. The van der Waals surface area contributed by atoms with Gasteiger partial charge < -0.3 is 9.47 Å². The lowest BCUT2D eigenvalue weighted by molar-refractivity contribution is -0.125. The van der Waals surface area contributed by atoms with Gasteiger partial charge in [0.05, 0.1) is 5.69 Å². The van der Waals surface area contributed by atoms with Gasteiger partial charge in [-0.1, -0.05) is 73.8 Å². The highest BCUT2D eigenvalue weighted by Crippen LogP contribution is 2.68. The molecule has 1 aliphatic carbocycles. The van der Waals surface area contributed by atoms with Crippen LogP contribution in [0.5, 0.6) is 5.75 Å². The van der Waals surface area contributed by atoms with Gasteiger partial charge in [0, 0.05) is 12.0 Å². The van der Waals surface area contributed by atoms with Crippen LogP contribution in [0.3, 0.4) is 0 Å². The summed E-state index contributed by atoms with van der Waals surface area (Å²) in [6.45, 7) is 6.54. The van der Waals surface area contributed by atoms with Crippen LogP contribution in [0.25, 0.3) is 0 Å². The Morgan fingerprint density at radius 2 is 1.80 bits per heavy atom. The molecule has 1 saturated carbocycles. The molecule has 0 aromatic heterocycles. The average Bonchev–Trinajstić information content (AvgIpc) is 3.54. The summed E-state index contributed by atoms with van der Waals surface area (Å²) in [5.41, 5.74) is 2.65. The molecule has 2 aromatic rings. The lowest BCUT2D eigenvalue weighted by atomic mass is 9.68. The van der Waals surface area contributed by atoms with Crippen LogP contribution >= 0.6 is 0 Å². The van der Waals surface area contributed by atoms with Gasteiger partial charge in [-0.25, -0.2) is 4.79 Å². The van der Waals surface area contributed by atoms with E-state index in [-0.39, 0.29) is 5.78 Å². The number of carbonyl (C=O) groups excluding carboxylic acids is 2. The minimum Gasteiger partial charge on any atom is -0.410 e. The number of ketones is 1. The Balaban J connectivity index is 1.57. The molecule has 2 aromatic carbocycles. The molecule has 3 unspecified atom stereocenters. The SMILES string of the molecule is C[Si](C)(C)C#CC=CC#CC1N(C(=O)Oc2ccccc2)c2ccccc2C23OC12CCCC3=O. The summed E-state index contributed by atoms with van der Waals surface area (Å²) in [5, 5.41) is 0. The standard InChI is InChI=1S/C29H27NO4Si/c1-35(2,3)21-12-5-4-9-18-25-28-20-13-19-26(31)29(28,34-28)23-16-10-11-17-24(23)30(25)27(32)33-22-14-7-6-8-15-22/h4-8,10-11,14-17,25H,13,19-20H2,1-3H3. The molecule has 3 atom stereocenters. The summed E-state index contributed by atoms with van der Waals surface area (Å²) in [6, 6.07) is 15.7. The van der Waals surface area contributed by atoms with E-state index in [0.717, 1.165) is 0 Å². The zero-order chi connectivity index (χ0) is 24.7. The van der Waals surface area contributed by atoms with Crippen LogP contribution in [-0.4, -0.2) is 31.6 Å². The second-order valence-corrected chi connectivity index (χ2v) is 14.8. The largest absolute Gasteiger partial charge is 0.420 e. The Hall–Kier alpha value is -3.58. The second kappa shape index (κ2) is 8.57. The first-order valence-electron chi connectivity index (χ1n) is 11.9. The maximum absolute atomic E-state index is 13.6. The highest BCUT2D eigenvalue weighted by atomic mass is 28.3. The third kappa shape index (κ3) is 3.89. The predicted molar refractivity (Wildman–Crippen MR) is 138 cm³/mol. The molecule has 2 aliphatic heterocycles. The molecule has 0 radical (unpaired) electrons. The van der Waals surface area contributed by atoms with Crippen molar-refractivity contribution in [3.63, 3.8) is 0 Å². The smallest absolute Gasteiger partial charge is 0.410 e. The number of hydrogen-bond donors (Lipinski definition) is 0. The highest BCUT2D eigenvalue weighted by molar-refractivity contribution is 6.83. The molecule has 2 fully saturated rings. The number of rotatable bonds is 1. The third-order valence-corrected chi connectivity index (χ3v) is 7.43. The number of ether oxygens (including phenoxy) is 2. The molecule has 0 bridgehead atoms. The zero-order valence-corrected chi connectivity index (χ0v) is 21.1. The first-order chi connectivity index (χ1) is 16.8. The highest BCUT2D eigenvalue weighted by Gasteiger charge is 2.82. The molecule has 1 amide bonds. The van der Waals surface area contributed by atoms with Gasteiger partial charge in [-0.3, -0.25) is 9.69 Å². The molecule has 5 rings (SSSR count). The van der Waals surface area contributed by atoms with E-state index in [1.54, 1.807) is 29.2 Å². The number of benzene rings is 2. The number of anilines is 1. The topological polar surface area (TPSA) is 59.1 Å². The molecule has 0 spiro atoms. The number of allylic oxidation sites excluding steroid dienone is 2. The summed E-state index contributed by atoms with van der Waals surface area (Å²) >= 11 is 0. The van der Waals surface area contributed by atoms with Crippen molar-refractivity contribution in [1.29, 1.82) is 0 Å². The summed E-state index contributed by atoms with van der Waals surface area (Å²) in [4.78, 5) is 28.4. The lowest BCUT2D eigenvalue weighted by Gasteiger charge is -2.40. The maximum Gasteiger partial charge on any atom is 0.420 e. The molecule has 176 valence electrons. The first kappa shape index (κ1) is 23.2. The Morgan fingerprint density at radius 3 is 2.57 bits per heavy atom. The Labute approximate surface area is 207 Å². The van der Waals surface area contributed by atoms with Crippen molar-refractivity contribution in [3.05, 3.63) is 72.3 Å². The number of para-hydroxylation sites is 2. The minimum absolute atomic E-state index is 0.0515. The van der Waals surface area contributed by atoms with E-state index in [0.29, 0.717) is 36.3 Å². The average molecular weight is 482 g/mol. The van der Waals surface area contributed by atoms with Gasteiger partial charge in [0.2, 0.25) is 0 Å². The van der Waals surface area contributed by atoms with Crippen molar-refractivity contribution in [3.8, 4) is 29.1 Å². The van der Waals surface area contributed by atoms with Crippen molar-refractivity contribution in [2.75, 3.05) is 4.90 Å². The number of nitrogens with zero attached hydrogens (tertiary/aromatic N) is 1. The quantitative estimate of drug-likeness (QED) is 0.318. The van der Waals surface area contributed by atoms with E-state index in [4.69, 9.17) is 9.47 Å². The molecule has 5 nitrogen and oxygen atoms in total. The fraction of sp³-hybridized carbons (Fsp3) is 0.310. The van der Waals surface area contributed by atoms with Crippen molar-refractivity contribution in [2.45, 2.75) is 56.1 Å². The van der Waals surface area contributed by atoms with Crippen LogP contribution in [0, 0.1) is 23.3 Å². The number of amides is 1. The van der Waals surface area contributed by atoms with E-state index >= 15 is 0 Å². The molecule has 3 aliphatic rings. The van der Waals surface area contributed by atoms with Gasteiger partial charge in [0.1, 0.15) is 25.5 Å². The van der Waals surface area contributed by atoms with Gasteiger partial charge in [0.25, 0.3) is 0 Å². The first-order valence-corrected chi connectivity index (χ1v) is 15.4. The fourth-order valence-electron chi connectivity index (χ4n) is 5.09. The van der Waals surface area contributed by atoms with Crippen LogP contribution in [0.4, 0.5) is 10.5 Å².